The molecule has 0 amide bonds. The normalized spacial score (nSPS) is 14.2. The van der Waals surface area contributed by atoms with Crippen molar-refractivity contribution in [1.29, 1.82) is 0 Å². The predicted octanol–water partition coefficient (Wildman–Crippen LogP) is 24.3. The van der Waals surface area contributed by atoms with E-state index >= 15 is 0 Å². The molecule has 19 heteroatoms. The van der Waals surface area contributed by atoms with Gasteiger partial charge in [-0.3, -0.25) is 37.3 Å². The Kier molecular flexibility index (Phi) is 71.2. The molecule has 0 saturated heterocycles. The number of ether oxygens (including phenoxy) is 4. The number of rotatable bonds is 80. The van der Waals surface area contributed by atoms with Crippen LogP contribution in [0.15, 0.2) is 0 Å². The van der Waals surface area contributed by atoms with E-state index in [1.54, 1.807) is 0 Å². The van der Waals surface area contributed by atoms with E-state index in [1.165, 1.54) is 238 Å². The number of phosphoric acid groups is 2. The Morgan fingerprint density at radius 1 is 0.290 bits per heavy atom. The molecule has 0 bridgehead atoms. The zero-order chi connectivity index (χ0) is 73.5. The Morgan fingerprint density at radius 2 is 0.510 bits per heavy atom. The molecule has 0 rings (SSSR count). The average molecular weight is 1470 g/mol. The molecule has 0 aromatic rings. The number of aliphatic hydroxyl groups is 1. The van der Waals surface area contributed by atoms with Gasteiger partial charge in [-0.2, -0.15) is 0 Å². The molecule has 0 heterocycles. The van der Waals surface area contributed by atoms with Crippen LogP contribution in [0.1, 0.15) is 427 Å². The van der Waals surface area contributed by atoms with Crippen LogP contribution in [-0.2, 0) is 65.4 Å². The first-order chi connectivity index (χ1) is 48.4. The van der Waals surface area contributed by atoms with Gasteiger partial charge in [0.2, 0.25) is 0 Å². The van der Waals surface area contributed by atoms with Crippen LogP contribution in [0.4, 0.5) is 0 Å². The summed E-state index contributed by atoms with van der Waals surface area (Å²) in [6.07, 6.45) is 62.6. The van der Waals surface area contributed by atoms with E-state index in [2.05, 4.69) is 41.5 Å². The van der Waals surface area contributed by atoms with E-state index in [-0.39, 0.29) is 25.7 Å². The van der Waals surface area contributed by atoms with Gasteiger partial charge in [-0.1, -0.05) is 375 Å². The molecule has 0 spiro atoms. The summed E-state index contributed by atoms with van der Waals surface area (Å²) in [5.41, 5.74) is 0. The number of carbonyl (C=O) groups is 4. The fourth-order valence-electron chi connectivity index (χ4n) is 12.5. The van der Waals surface area contributed by atoms with Crippen molar-refractivity contribution in [3.05, 3.63) is 0 Å². The SMILES string of the molecule is CCCCCCCCCCCCCCCCCCCCCCCC(=O)O[C@H](COC(=O)CCCCCCCCCCCCCCCCCC)COP(=O)(O)OC[C@@H](O)COP(=O)(O)OC[C@@H](COC(=O)CCCCCCCCC(C)CC)OC(=O)CCCCCCCCCCCCC(C)C. The predicted molar refractivity (Wildman–Crippen MR) is 409 cm³/mol. The van der Waals surface area contributed by atoms with Crippen molar-refractivity contribution in [3.8, 4) is 0 Å². The highest BCUT2D eigenvalue weighted by molar-refractivity contribution is 7.47. The number of esters is 4. The van der Waals surface area contributed by atoms with Crippen molar-refractivity contribution < 1.29 is 80.2 Å². The third-order valence-electron chi connectivity index (χ3n) is 19.3. The number of hydrogen-bond acceptors (Lipinski definition) is 15. The maximum absolute atomic E-state index is 13.1. The lowest BCUT2D eigenvalue weighted by Crippen LogP contribution is -2.30. The Labute approximate surface area is 613 Å². The summed E-state index contributed by atoms with van der Waals surface area (Å²) in [5, 5.41) is 10.6. The van der Waals surface area contributed by atoms with Crippen molar-refractivity contribution in [2.45, 2.75) is 445 Å². The van der Waals surface area contributed by atoms with E-state index in [0.717, 1.165) is 108 Å². The quantitative estimate of drug-likeness (QED) is 0.0222. The second kappa shape index (κ2) is 72.6. The van der Waals surface area contributed by atoms with Crippen LogP contribution in [0.25, 0.3) is 0 Å². The maximum atomic E-state index is 13.1. The van der Waals surface area contributed by atoms with Gasteiger partial charge in [0.15, 0.2) is 12.2 Å². The lowest BCUT2D eigenvalue weighted by molar-refractivity contribution is -0.161. The monoisotopic (exact) mass is 1470 g/mol. The van der Waals surface area contributed by atoms with Crippen LogP contribution in [0, 0.1) is 11.8 Å². The van der Waals surface area contributed by atoms with Gasteiger partial charge in [0.25, 0.3) is 0 Å². The third-order valence-corrected chi connectivity index (χ3v) is 21.2. The van der Waals surface area contributed by atoms with Crippen LogP contribution >= 0.6 is 15.6 Å². The van der Waals surface area contributed by atoms with E-state index in [1.807, 2.05) is 0 Å². The molecular formula is C81H158O17P2. The summed E-state index contributed by atoms with van der Waals surface area (Å²) in [6, 6.07) is 0. The number of hydrogen-bond donors (Lipinski definition) is 3. The second-order valence-electron chi connectivity index (χ2n) is 29.9. The van der Waals surface area contributed by atoms with Gasteiger partial charge in [0.05, 0.1) is 26.4 Å². The molecule has 0 saturated carbocycles. The van der Waals surface area contributed by atoms with E-state index < -0.39 is 97.5 Å². The molecule has 0 aromatic heterocycles. The van der Waals surface area contributed by atoms with Gasteiger partial charge in [-0.15, -0.1) is 0 Å². The fraction of sp³-hybridized carbons (Fsp3) is 0.951. The first kappa shape index (κ1) is 98.1. The Hall–Kier alpha value is -1.94. The molecule has 0 radical (unpaired) electrons. The van der Waals surface area contributed by atoms with Crippen LogP contribution < -0.4 is 0 Å². The summed E-state index contributed by atoms with van der Waals surface area (Å²) >= 11 is 0. The Morgan fingerprint density at radius 3 is 0.760 bits per heavy atom. The van der Waals surface area contributed by atoms with Gasteiger partial charge in [0.1, 0.15) is 19.3 Å². The largest absolute Gasteiger partial charge is 0.472 e. The van der Waals surface area contributed by atoms with Crippen LogP contribution in [0.2, 0.25) is 0 Å². The summed E-state index contributed by atoms with van der Waals surface area (Å²) in [4.78, 5) is 73.0. The van der Waals surface area contributed by atoms with Gasteiger partial charge < -0.3 is 33.8 Å². The molecule has 594 valence electrons. The summed E-state index contributed by atoms with van der Waals surface area (Å²) < 4.78 is 68.7. The molecule has 0 aliphatic rings. The number of phosphoric ester groups is 2. The molecule has 0 aliphatic carbocycles. The van der Waals surface area contributed by atoms with Crippen molar-refractivity contribution in [2.24, 2.45) is 11.8 Å². The molecule has 17 nitrogen and oxygen atoms in total. The van der Waals surface area contributed by atoms with E-state index in [9.17, 15) is 43.2 Å². The number of unbranched alkanes of at least 4 members (excludes halogenated alkanes) is 49. The van der Waals surface area contributed by atoms with E-state index in [4.69, 9.17) is 37.0 Å². The van der Waals surface area contributed by atoms with Crippen molar-refractivity contribution >= 4 is 39.5 Å². The van der Waals surface area contributed by atoms with Gasteiger partial charge in [0, 0.05) is 25.7 Å². The Bertz CT molecular complexity index is 1930. The molecule has 0 aliphatic heterocycles. The van der Waals surface area contributed by atoms with Gasteiger partial charge in [-0.25, -0.2) is 9.13 Å². The minimum absolute atomic E-state index is 0.105. The molecule has 6 atom stereocenters. The van der Waals surface area contributed by atoms with Crippen molar-refractivity contribution in [3.63, 3.8) is 0 Å². The van der Waals surface area contributed by atoms with Crippen LogP contribution in [-0.4, -0.2) is 96.7 Å². The van der Waals surface area contributed by atoms with E-state index in [0.29, 0.717) is 25.7 Å². The lowest BCUT2D eigenvalue weighted by Gasteiger charge is -2.21. The smallest absolute Gasteiger partial charge is 0.462 e. The number of carbonyl (C=O) groups excluding carboxylic acids is 4. The minimum atomic E-state index is -4.96. The standard InChI is InChI=1S/C81H158O17P2/c1-7-10-12-14-16-18-20-22-24-26-27-28-29-30-32-34-36-41-45-53-59-65-80(85)97-76(69-91-78(83)63-57-51-44-40-35-33-31-25-23-21-19-17-15-13-11-8-2)71-95-99(87,88)93-67-75(82)68-94-100(89,90)96-72-77(70-92-79(84)64-58-52-48-47-50-56-62-74(6)9-3)98-81(86)66-60-54-46-42-38-37-39-43-49-55-61-73(4)5/h73-77,82H,7-72H2,1-6H3,(H,87,88)(H,89,90)/t74?,75-,76-,77-/m1/s1. The van der Waals surface area contributed by atoms with Crippen molar-refractivity contribution in [1.82, 2.24) is 0 Å². The van der Waals surface area contributed by atoms with Crippen LogP contribution in [0.5, 0.6) is 0 Å². The molecule has 3 unspecified atom stereocenters. The van der Waals surface area contributed by atoms with Gasteiger partial charge >= 0.3 is 39.5 Å². The second-order valence-corrected chi connectivity index (χ2v) is 32.8. The summed E-state index contributed by atoms with van der Waals surface area (Å²) in [6.45, 7) is 9.58. The maximum Gasteiger partial charge on any atom is 0.472 e. The molecule has 0 fully saturated rings. The zero-order valence-electron chi connectivity index (χ0n) is 65.5. The zero-order valence-corrected chi connectivity index (χ0v) is 67.3. The molecule has 0 aromatic carbocycles. The topological polar surface area (TPSA) is 237 Å². The first-order valence-corrected chi connectivity index (χ1v) is 45.0. The average Bonchev–Trinajstić information content (AvgIpc) is 0.918. The molecular weight excluding hydrogens is 1310 g/mol. The summed E-state index contributed by atoms with van der Waals surface area (Å²) in [5.74, 6) is -0.628. The molecule has 3 N–H and O–H groups in total. The molecule has 100 heavy (non-hydrogen) atoms. The highest BCUT2D eigenvalue weighted by Crippen LogP contribution is 2.45. The minimum Gasteiger partial charge on any atom is -0.462 e. The highest BCUT2D eigenvalue weighted by atomic mass is 31.2. The first-order valence-electron chi connectivity index (χ1n) is 42.0. The third kappa shape index (κ3) is 73.0. The Balaban J connectivity index is 5.22. The van der Waals surface area contributed by atoms with Gasteiger partial charge in [-0.05, 0) is 37.5 Å². The fourth-order valence-corrected chi connectivity index (χ4v) is 14.1. The van der Waals surface area contributed by atoms with Crippen molar-refractivity contribution in [2.75, 3.05) is 39.6 Å². The number of aliphatic hydroxyl groups excluding tert-OH is 1. The summed E-state index contributed by atoms with van der Waals surface area (Å²) in [7, 11) is -9.92. The lowest BCUT2D eigenvalue weighted by atomic mass is 10.00. The highest BCUT2D eigenvalue weighted by Gasteiger charge is 2.30. The van der Waals surface area contributed by atoms with Crippen LogP contribution in [0.3, 0.4) is 0 Å².